The Bertz CT molecular complexity index is 381. The Morgan fingerprint density at radius 1 is 1.56 bits per heavy atom. The minimum absolute atomic E-state index is 0.0375. The van der Waals surface area contributed by atoms with E-state index in [9.17, 15) is 4.79 Å². The van der Waals surface area contributed by atoms with Crippen molar-refractivity contribution in [3.8, 4) is 5.75 Å². The maximum Gasteiger partial charge on any atom is 0.326 e. The van der Waals surface area contributed by atoms with Crippen molar-refractivity contribution < 1.29 is 14.3 Å². The number of nitrogens with two attached hydrogens (primary N) is 1. The molecule has 0 aliphatic carbocycles. The largest absolute Gasteiger partial charge is 0.490 e. The third-order valence-corrected chi connectivity index (χ3v) is 2.32. The molecule has 1 rings (SSSR count). The molecule has 16 heavy (non-hydrogen) atoms. The summed E-state index contributed by atoms with van der Waals surface area (Å²) in [5.74, 6) is 0.00444. The van der Waals surface area contributed by atoms with E-state index in [4.69, 9.17) is 22.1 Å². The zero-order valence-corrected chi connectivity index (χ0v) is 9.95. The molecule has 4 nitrogen and oxygen atoms in total. The van der Waals surface area contributed by atoms with Crippen molar-refractivity contribution in [3.05, 3.63) is 28.8 Å². The van der Waals surface area contributed by atoms with Crippen LogP contribution >= 0.6 is 11.6 Å². The molecule has 1 atom stereocenters. The Hall–Kier alpha value is -1.26. The molecule has 0 aliphatic rings. The number of hydrogen-bond donors (Lipinski definition) is 1. The number of ether oxygens (including phenoxy) is 2. The van der Waals surface area contributed by atoms with Gasteiger partial charge in [0.15, 0.2) is 0 Å². The van der Waals surface area contributed by atoms with Gasteiger partial charge < -0.3 is 15.2 Å². The molecule has 1 unspecified atom stereocenters. The molecule has 0 heterocycles. The zero-order chi connectivity index (χ0) is 12.1. The third kappa shape index (κ3) is 3.40. The van der Waals surface area contributed by atoms with Crippen LogP contribution in [-0.4, -0.2) is 25.7 Å². The predicted octanol–water partition coefficient (Wildman–Crippen LogP) is 1.53. The molecule has 5 heteroatoms. The summed E-state index contributed by atoms with van der Waals surface area (Å²) in [5.41, 5.74) is 6.54. The Morgan fingerprint density at radius 2 is 2.25 bits per heavy atom. The van der Waals surface area contributed by atoms with E-state index in [-0.39, 0.29) is 6.61 Å². The van der Waals surface area contributed by atoms with E-state index in [1.165, 1.54) is 7.11 Å². The van der Waals surface area contributed by atoms with E-state index in [2.05, 4.69) is 4.74 Å². The van der Waals surface area contributed by atoms with Crippen molar-refractivity contribution in [3.63, 3.8) is 0 Å². The molecule has 0 fully saturated rings. The summed E-state index contributed by atoms with van der Waals surface area (Å²) in [7, 11) is 1.28. The summed E-state index contributed by atoms with van der Waals surface area (Å²) < 4.78 is 9.82. The Kier molecular flexibility index (Phi) is 4.58. The second kappa shape index (κ2) is 5.72. The fourth-order valence-electron chi connectivity index (χ4n) is 1.12. The molecule has 0 saturated carbocycles. The van der Waals surface area contributed by atoms with Crippen LogP contribution in [0.5, 0.6) is 5.75 Å². The number of esters is 1. The Labute approximate surface area is 99.3 Å². The number of carbonyl (C=O) groups excluding carboxylic acids is 1. The van der Waals surface area contributed by atoms with Crippen LogP contribution in [0.1, 0.15) is 5.56 Å². The van der Waals surface area contributed by atoms with Gasteiger partial charge in [0.2, 0.25) is 0 Å². The van der Waals surface area contributed by atoms with Crippen LogP contribution in [0.25, 0.3) is 0 Å². The van der Waals surface area contributed by atoms with Crippen LogP contribution in [0.2, 0.25) is 5.02 Å². The van der Waals surface area contributed by atoms with Gasteiger partial charge in [-0.2, -0.15) is 0 Å². The Morgan fingerprint density at radius 3 is 2.88 bits per heavy atom. The zero-order valence-electron chi connectivity index (χ0n) is 9.20. The molecule has 0 bridgehead atoms. The molecular formula is C11H14ClNO3. The lowest BCUT2D eigenvalue weighted by molar-refractivity contribution is -0.142. The van der Waals surface area contributed by atoms with Gasteiger partial charge in [-0.15, -0.1) is 0 Å². The van der Waals surface area contributed by atoms with E-state index in [1.54, 1.807) is 12.1 Å². The number of rotatable bonds is 4. The summed E-state index contributed by atoms with van der Waals surface area (Å²) in [6.07, 6.45) is 0. The minimum Gasteiger partial charge on any atom is -0.490 e. The fourth-order valence-corrected chi connectivity index (χ4v) is 1.29. The molecule has 2 N–H and O–H groups in total. The number of aryl methyl sites for hydroxylation is 1. The first-order valence-electron chi connectivity index (χ1n) is 4.77. The number of benzene rings is 1. The highest BCUT2D eigenvalue weighted by Gasteiger charge is 2.15. The molecule has 1 aromatic rings. The second-order valence-electron chi connectivity index (χ2n) is 3.37. The molecule has 0 spiro atoms. The van der Waals surface area contributed by atoms with Gasteiger partial charge in [-0.1, -0.05) is 17.7 Å². The van der Waals surface area contributed by atoms with Gasteiger partial charge in [-0.25, -0.2) is 0 Å². The molecule has 1 aromatic carbocycles. The number of hydrogen-bond acceptors (Lipinski definition) is 4. The summed E-state index contributed by atoms with van der Waals surface area (Å²) >= 11 is 5.91. The van der Waals surface area contributed by atoms with Crippen molar-refractivity contribution in [1.29, 1.82) is 0 Å². The quantitative estimate of drug-likeness (QED) is 0.815. The highest BCUT2D eigenvalue weighted by atomic mass is 35.5. The minimum atomic E-state index is -0.804. The SMILES string of the molecule is COC(=O)C(N)COc1cc(C)ccc1Cl. The van der Waals surface area contributed by atoms with Gasteiger partial charge in [-0.05, 0) is 24.6 Å². The van der Waals surface area contributed by atoms with Crippen molar-refractivity contribution >= 4 is 17.6 Å². The maximum atomic E-state index is 11.0. The van der Waals surface area contributed by atoms with Gasteiger partial charge in [0.25, 0.3) is 0 Å². The third-order valence-electron chi connectivity index (χ3n) is 2.01. The van der Waals surface area contributed by atoms with E-state index >= 15 is 0 Å². The number of carbonyl (C=O) groups is 1. The predicted molar refractivity (Wildman–Crippen MR) is 61.7 cm³/mol. The average molecular weight is 244 g/mol. The standard InChI is InChI=1S/C11H14ClNO3/c1-7-3-4-8(12)10(5-7)16-6-9(13)11(14)15-2/h3-5,9H,6,13H2,1-2H3. The monoisotopic (exact) mass is 243 g/mol. The van der Waals surface area contributed by atoms with Crippen LogP contribution in [0.4, 0.5) is 0 Å². The molecule has 88 valence electrons. The first kappa shape index (κ1) is 12.8. The molecule has 0 aliphatic heterocycles. The topological polar surface area (TPSA) is 61.5 Å². The van der Waals surface area contributed by atoms with Crippen LogP contribution in [0.3, 0.4) is 0 Å². The number of halogens is 1. The van der Waals surface area contributed by atoms with Gasteiger partial charge in [0.05, 0.1) is 12.1 Å². The number of methoxy groups -OCH3 is 1. The lowest BCUT2D eigenvalue weighted by Crippen LogP contribution is -2.37. The van der Waals surface area contributed by atoms with E-state index in [0.29, 0.717) is 10.8 Å². The maximum absolute atomic E-state index is 11.0. The second-order valence-corrected chi connectivity index (χ2v) is 3.78. The van der Waals surface area contributed by atoms with E-state index in [1.807, 2.05) is 13.0 Å². The highest BCUT2D eigenvalue weighted by molar-refractivity contribution is 6.32. The lowest BCUT2D eigenvalue weighted by Gasteiger charge is -2.12. The smallest absolute Gasteiger partial charge is 0.326 e. The van der Waals surface area contributed by atoms with Crippen molar-refractivity contribution in [2.75, 3.05) is 13.7 Å². The molecule has 0 saturated heterocycles. The highest BCUT2D eigenvalue weighted by Crippen LogP contribution is 2.25. The summed E-state index contributed by atoms with van der Waals surface area (Å²) in [4.78, 5) is 11.0. The lowest BCUT2D eigenvalue weighted by atomic mass is 10.2. The average Bonchev–Trinajstić information content (AvgIpc) is 2.28. The van der Waals surface area contributed by atoms with Crippen molar-refractivity contribution in [2.24, 2.45) is 5.73 Å². The van der Waals surface area contributed by atoms with Crippen LogP contribution in [0.15, 0.2) is 18.2 Å². The van der Waals surface area contributed by atoms with Gasteiger partial charge in [0.1, 0.15) is 18.4 Å². The molecule has 0 radical (unpaired) electrons. The van der Waals surface area contributed by atoms with E-state index < -0.39 is 12.0 Å². The molecular weight excluding hydrogens is 230 g/mol. The Balaban J connectivity index is 2.60. The normalized spacial score (nSPS) is 12.0. The van der Waals surface area contributed by atoms with Crippen LogP contribution < -0.4 is 10.5 Å². The summed E-state index contributed by atoms with van der Waals surface area (Å²) in [5, 5.41) is 0.489. The summed E-state index contributed by atoms with van der Waals surface area (Å²) in [6, 6.07) is 4.58. The van der Waals surface area contributed by atoms with Crippen molar-refractivity contribution in [1.82, 2.24) is 0 Å². The van der Waals surface area contributed by atoms with Gasteiger partial charge >= 0.3 is 5.97 Å². The van der Waals surface area contributed by atoms with E-state index in [0.717, 1.165) is 5.56 Å². The first-order valence-corrected chi connectivity index (χ1v) is 5.14. The van der Waals surface area contributed by atoms with Crippen LogP contribution in [0, 0.1) is 6.92 Å². The van der Waals surface area contributed by atoms with Gasteiger partial charge in [0, 0.05) is 0 Å². The molecule has 0 aromatic heterocycles. The van der Waals surface area contributed by atoms with Crippen molar-refractivity contribution in [2.45, 2.75) is 13.0 Å². The molecule has 0 amide bonds. The van der Waals surface area contributed by atoms with Crippen LogP contribution in [-0.2, 0) is 9.53 Å². The first-order chi connectivity index (χ1) is 7.54. The fraction of sp³-hybridized carbons (Fsp3) is 0.364. The van der Waals surface area contributed by atoms with Gasteiger partial charge in [-0.3, -0.25) is 4.79 Å². The summed E-state index contributed by atoms with van der Waals surface area (Å²) in [6.45, 7) is 1.96.